The van der Waals surface area contributed by atoms with Crippen molar-refractivity contribution in [2.45, 2.75) is 49.3 Å². The highest BCUT2D eigenvalue weighted by molar-refractivity contribution is 8.00. The van der Waals surface area contributed by atoms with Crippen LogP contribution in [-0.4, -0.2) is 33.7 Å². The fourth-order valence-electron chi connectivity index (χ4n) is 2.40. The molecule has 0 bridgehead atoms. The van der Waals surface area contributed by atoms with E-state index in [1.165, 1.54) is 18.7 Å². The van der Waals surface area contributed by atoms with E-state index in [1.807, 2.05) is 13.8 Å². The second kappa shape index (κ2) is 6.62. The number of rotatable bonds is 5. The van der Waals surface area contributed by atoms with Gasteiger partial charge in [-0.25, -0.2) is 4.79 Å². The van der Waals surface area contributed by atoms with E-state index in [9.17, 15) is 19.5 Å². The first-order valence-corrected chi connectivity index (χ1v) is 8.32. The van der Waals surface area contributed by atoms with Gasteiger partial charge >= 0.3 is 5.97 Å². The molecule has 0 spiro atoms. The lowest BCUT2D eigenvalue weighted by molar-refractivity contribution is -0.144. The molecule has 0 fully saturated rings. The van der Waals surface area contributed by atoms with Crippen LogP contribution in [0, 0.1) is 0 Å². The average molecular weight is 336 g/mol. The fraction of sp³-hybridized carbons (Fsp3) is 0.438. The summed E-state index contributed by atoms with van der Waals surface area (Å²) in [5.41, 5.74) is -0.408. The molecule has 6 nitrogen and oxygen atoms in total. The third-order valence-corrected chi connectivity index (χ3v) is 4.96. The van der Waals surface area contributed by atoms with Crippen molar-refractivity contribution in [3.63, 3.8) is 0 Å². The first-order chi connectivity index (χ1) is 10.8. The Morgan fingerprint density at radius 3 is 2.74 bits per heavy atom. The second-order valence-corrected chi connectivity index (χ2v) is 7.18. The van der Waals surface area contributed by atoms with Gasteiger partial charge in [-0.2, -0.15) is 0 Å². The molecule has 1 aliphatic heterocycles. The predicted octanol–water partition coefficient (Wildman–Crippen LogP) is 2.49. The molecular formula is C16H20N2O4S. The van der Waals surface area contributed by atoms with Gasteiger partial charge in [0, 0.05) is 10.5 Å². The van der Waals surface area contributed by atoms with E-state index in [2.05, 4.69) is 10.6 Å². The van der Waals surface area contributed by atoms with Crippen molar-refractivity contribution >= 4 is 35.2 Å². The first-order valence-electron chi connectivity index (χ1n) is 7.44. The van der Waals surface area contributed by atoms with Gasteiger partial charge in [-0.15, -0.1) is 11.8 Å². The summed E-state index contributed by atoms with van der Waals surface area (Å²) < 4.78 is 0. The number of carbonyl (C=O) groups excluding carboxylic acids is 2. The van der Waals surface area contributed by atoms with Crippen LogP contribution in [0.15, 0.2) is 23.1 Å². The number of hydrogen-bond donors (Lipinski definition) is 3. The molecule has 1 aliphatic rings. The largest absolute Gasteiger partial charge is 0.480 e. The molecule has 0 aliphatic carbocycles. The Balaban J connectivity index is 2.22. The summed E-state index contributed by atoms with van der Waals surface area (Å²) in [7, 11) is 0. The van der Waals surface area contributed by atoms with Crippen LogP contribution in [0.4, 0.5) is 5.69 Å². The molecule has 2 rings (SSSR count). The van der Waals surface area contributed by atoms with Crippen LogP contribution in [0.25, 0.3) is 0 Å². The zero-order valence-electron chi connectivity index (χ0n) is 13.3. The van der Waals surface area contributed by atoms with Crippen molar-refractivity contribution in [3.05, 3.63) is 23.8 Å². The molecule has 2 unspecified atom stereocenters. The Hall–Kier alpha value is -2.02. The second-order valence-electron chi connectivity index (χ2n) is 5.80. The van der Waals surface area contributed by atoms with Gasteiger partial charge in [0.15, 0.2) is 0 Å². The number of aliphatic carboxylic acids is 1. The van der Waals surface area contributed by atoms with E-state index in [0.29, 0.717) is 24.1 Å². The maximum atomic E-state index is 12.4. The summed E-state index contributed by atoms with van der Waals surface area (Å²) >= 11 is 1.43. The van der Waals surface area contributed by atoms with Crippen molar-refractivity contribution in [3.8, 4) is 0 Å². The molecule has 1 aromatic rings. The molecule has 3 N–H and O–H groups in total. The molecule has 2 atom stereocenters. The SMILES string of the molecule is CCCC(C)(NC(=O)c1ccc2c(c1)NC(=O)C(C)S2)C(=O)O. The summed E-state index contributed by atoms with van der Waals surface area (Å²) in [5.74, 6) is -1.64. The van der Waals surface area contributed by atoms with Crippen molar-refractivity contribution in [1.29, 1.82) is 0 Å². The number of thioether (sulfide) groups is 1. The van der Waals surface area contributed by atoms with E-state index in [1.54, 1.807) is 18.2 Å². The maximum absolute atomic E-state index is 12.4. The number of hydrogen-bond acceptors (Lipinski definition) is 4. The molecule has 124 valence electrons. The zero-order valence-corrected chi connectivity index (χ0v) is 14.1. The van der Waals surface area contributed by atoms with E-state index in [-0.39, 0.29) is 11.2 Å². The highest BCUT2D eigenvalue weighted by Gasteiger charge is 2.34. The Kier molecular flexibility index (Phi) is 4.99. The Bertz CT molecular complexity index is 661. The lowest BCUT2D eigenvalue weighted by Gasteiger charge is -2.26. The quantitative estimate of drug-likeness (QED) is 0.768. The molecule has 23 heavy (non-hydrogen) atoms. The third-order valence-electron chi connectivity index (χ3n) is 3.78. The van der Waals surface area contributed by atoms with Gasteiger partial charge in [0.25, 0.3) is 5.91 Å². The van der Waals surface area contributed by atoms with Crippen LogP contribution in [0.5, 0.6) is 0 Å². The number of benzene rings is 1. The van der Waals surface area contributed by atoms with Crippen LogP contribution in [-0.2, 0) is 9.59 Å². The van der Waals surface area contributed by atoms with Crippen molar-refractivity contribution in [1.82, 2.24) is 5.32 Å². The summed E-state index contributed by atoms with van der Waals surface area (Å²) in [5, 5.41) is 14.5. The van der Waals surface area contributed by atoms with Gasteiger partial charge in [-0.1, -0.05) is 13.3 Å². The number of carboxylic acids is 1. The standard InChI is InChI=1S/C16H20N2O4S/c1-4-7-16(3,15(21)22)18-14(20)10-5-6-12-11(8-10)17-13(19)9(2)23-12/h5-6,8-9H,4,7H2,1-3H3,(H,17,19)(H,18,20)(H,21,22). The Morgan fingerprint density at radius 1 is 1.43 bits per heavy atom. The molecule has 7 heteroatoms. The van der Waals surface area contributed by atoms with E-state index in [4.69, 9.17) is 0 Å². The minimum absolute atomic E-state index is 0.110. The smallest absolute Gasteiger partial charge is 0.329 e. The molecular weight excluding hydrogens is 316 g/mol. The van der Waals surface area contributed by atoms with Gasteiger partial charge in [0.1, 0.15) is 5.54 Å². The lowest BCUT2D eigenvalue weighted by atomic mass is 9.95. The van der Waals surface area contributed by atoms with Crippen LogP contribution >= 0.6 is 11.8 Å². The summed E-state index contributed by atoms with van der Waals surface area (Å²) in [6.45, 7) is 5.17. The summed E-state index contributed by atoms with van der Waals surface area (Å²) in [6, 6.07) is 4.98. The average Bonchev–Trinajstić information content (AvgIpc) is 2.48. The summed E-state index contributed by atoms with van der Waals surface area (Å²) in [4.78, 5) is 36.4. The topological polar surface area (TPSA) is 95.5 Å². The van der Waals surface area contributed by atoms with Crippen LogP contribution in [0.2, 0.25) is 0 Å². The van der Waals surface area contributed by atoms with Crippen LogP contribution in [0.1, 0.15) is 44.0 Å². The van der Waals surface area contributed by atoms with Gasteiger partial charge in [-0.05, 0) is 38.5 Å². The minimum atomic E-state index is -1.31. The van der Waals surface area contributed by atoms with E-state index in [0.717, 1.165) is 4.90 Å². The molecule has 1 heterocycles. The molecule has 2 amide bonds. The predicted molar refractivity (Wildman–Crippen MR) is 88.8 cm³/mol. The van der Waals surface area contributed by atoms with Crippen molar-refractivity contribution < 1.29 is 19.5 Å². The number of amides is 2. The van der Waals surface area contributed by atoms with Crippen molar-refractivity contribution in [2.75, 3.05) is 5.32 Å². The molecule has 0 saturated heterocycles. The highest BCUT2D eigenvalue weighted by Crippen LogP contribution is 2.36. The van der Waals surface area contributed by atoms with Gasteiger partial charge in [-0.3, -0.25) is 9.59 Å². The van der Waals surface area contributed by atoms with Gasteiger partial charge in [0.05, 0.1) is 10.9 Å². The van der Waals surface area contributed by atoms with Gasteiger partial charge < -0.3 is 15.7 Å². The van der Waals surface area contributed by atoms with Crippen LogP contribution in [0.3, 0.4) is 0 Å². The van der Waals surface area contributed by atoms with Gasteiger partial charge in [0.2, 0.25) is 5.91 Å². The van der Waals surface area contributed by atoms with E-state index < -0.39 is 17.4 Å². The third kappa shape index (κ3) is 3.67. The fourth-order valence-corrected chi connectivity index (χ4v) is 3.33. The molecule has 0 saturated carbocycles. The number of nitrogens with one attached hydrogen (secondary N) is 2. The Morgan fingerprint density at radius 2 is 2.13 bits per heavy atom. The number of carboxylic acid groups (broad SMARTS) is 1. The Labute approximate surface area is 139 Å². The molecule has 0 aromatic heterocycles. The maximum Gasteiger partial charge on any atom is 0.329 e. The van der Waals surface area contributed by atoms with E-state index >= 15 is 0 Å². The monoisotopic (exact) mass is 336 g/mol. The minimum Gasteiger partial charge on any atom is -0.480 e. The van der Waals surface area contributed by atoms with Crippen LogP contribution < -0.4 is 10.6 Å². The highest BCUT2D eigenvalue weighted by atomic mass is 32.2. The first kappa shape index (κ1) is 17.3. The molecule has 1 aromatic carbocycles. The molecule has 0 radical (unpaired) electrons. The lowest BCUT2D eigenvalue weighted by Crippen LogP contribution is -2.52. The zero-order chi connectivity index (χ0) is 17.2. The summed E-state index contributed by atoms with van der Waals surface area (Å²) in [6.07, 6.45) is 0.973. The number of fused-ring (bicyclic) bond motifs is 1. The number of anilines is 1. The normalized spacial score (nSPS) is 19.3. The van der Waals surface area contributed by atoms with Crippen molar-refractivity contribution in [2.24, 2.45) is 0 Å². The number of carbonyl (C=O) groups is 3.